The Morgan fingerprint density at radius 3 is 2.95 bits per heavy atom. The summed E-state index contributed by atoms with van der Waals surface area (Å²) < 4.78 is 7.57. The normalized spacial score (nSPS) is 34.3. The van der Waals surface area contributed by atoms with Gasteiger partial charge < -0.3 is 10.5 Å². The van der Waals surface area contributed by atoms with Crippen molar-refractivity contribution in [2.75, 3.05) is 6.61 Å². The molecule has 0 spiro atoms. The van der Waals surface area contributed by atoms with Gasteiger partial charge in [0.25, 0.3) is 0 Å². The molecular weight excluding hydrogens is 274 g/mol. The average Bonchev–Trinajstić information content (AvgIpc) is 3.14. The van der Waals surface area contributed by atoms with Gasteiger partial charge in [0.1, 0.15) is 11.1 Å². The summed E-state index contributed by atoms with van der Waals surface area (Å²) in [7, 11) is 0. The molecule has 4 rings (SSSR count). The Morgan fingerprint density at radius 1 is 1.35 bits per heavy atom. The summed E-state index contributed by atoms with van der Waals surface area (Å²) in [5.41, 5.74) is 6.28. The number of hydrogen-bond donors (Lipinski definition) is 1. The lowest BCUT2D eigenvalue weighted by Crippen LogP contribution is -2.38. The molecule has 0 amide bonds. The fourth-order valence-corrected chi connectivity index (χ4v) is 4.39. The highest BCUT2D eigenvalue weighted by Gasteiger charge is 2.41. The Hall–Kier alpha value is -1.05. The van der Waals surface area contributed by atoms with Crippen molar-refractivity contribution >= 4 is 16.3 Å². The van der Waals surface area contributed by atoms with Crippen molar-refractivity contribution < 1.29 is 4.74 Å². The van der Waals surface area contributed by atoms with Gasteiger partial charge in [-0.05, 0) is 25.7 Å². The molecule has 1 aliphatic heterocycles. The second-order valence-electron chi connectivity index (χ2n) is 6.08. The topological polar surface area (TPSA) is 78.3 Å². The first-order valence-corrected chi connectivity index (χ1v) is 8.10. The maximum atomic E-state index is 6.29. The Labute approximate surface area is 121 Å². The molecule has 3 unspecified atom stereocenters. The van der Waals surface area contributed by atoms with Crippen LogP contribution in [0.1, 0.15) is 56.0 Å². The molecule has 0 radical (unpaired) electrons. The number of aromatic nitrogens is 4. The van der Waals surface area contributed by atoms with Gasteiger partial charge >= 0.3 is 0 Å². The number of ether oxygens (including phenoxy) is 1. The molecule has 108 valence electrons. The monoisotopic (exact) mass is 293 g/mol. The average molecular weight is 293 g/mol. The zero-order valence-electron chi connectivity index (χ0n) is 11.6. The molecule has 6 nitrogen and oxygen atoms in total. The van der Waals surface area contributed by atoms with Crippen LogP contribution in [0.15, 0.2) is 0 Å². The van der Waals surface area contributed by atoms with E-state index in [2.05, 4.69) is 17.1 Å². The minimum absolute atomic E-state index is 0.0147. The molecule has 2 aromatic heterocycles. The number of rotatable bonds is 2. The quantitative estimate of drug-likeness (QED) is 0.913. The van der Waals surface area contributed by atoms with Crippen molar-refractivity contribution in [1.29, 1.82) is 0 Å². The molecule has 3 heterocycles. The molecule has 2 aliphatic rings. The molecule has 20 heavy (non-hydrogen) atoms. The first-order valence-electron chi connectivity index (χ1n) is 7.28. The minimum atomic E-state index is -0.0147. The maximum absolute atomic E-state index is 6.29. The van der Waals surface area contributed by atoms with Gasteiger partial charge in [-0.15, -0.1) is 10.2 Å². The number of nitrogens with two attached hydrogens (primary N) is 1. The van der Waals surface area contributed by atoms with Gasteiger partial charge in [-0.25, -0.2) is 0 Å². The van der Waals surface area contributed by atoms with Crippen LogP contribution >= 0.6 is 11.3 Å². The van der Waals surface area contributed by atoms with E-state index in [0.29, 0.717) is 0 Å². The van der Waals surface area contributed by atoms with Gasteiger partial charge in [0.2, 0.25) is 4.96 Å². The highest BCUT2D eigenvalue weighted by molar-refractivity contribution is 7.16. The molecule has 0 aromatic carbocycles. The largest absolute Gasteiger partial charge is 0.370 e. The van der Waals surface area contributed by atoms with Crippen LogP contribution in [0.3, 0.4) is 0 Å². The fourth-order valence-electron chi connectivity index (χ4n) is 3.30. The summed E-state index contributed by atoms with van der Waals surface area (Å²) >= 11 is 1.62. The van der Waals surface area contributed by atoms with E-state index in [1.165, 1.54) is 6.42 Å². The summed E-state index contributed by atoms with van der Waals surface area (Å²) in [5, 5.41) is 14.4. The van der Waals surface area contributed by atoms with Crippen molar-refractivity contribution in [1.82, 2.24) is 19.8 Å². The van der Waals surface area contributed by atoms with E-state index in [0.717, 1.165) is 48.1 Å². The standard InChI is InChI=1S/C13H19N5OS/c1-13(6-2-5-9(13)14)11-17-18-10(8-4-3-7-19-8)15-16-12(18)20-11/h8-9H,2-7,14H2,1H3. The first-order chi connectivity index (χ1) is 9.68. The second-order valence-corrected chi connectivity index (χ2v) is 7.03. The minimum Gasteiger partial charge on any atom is -0.370 e. The van der Waals surface area contributed by atoms with Crippen LogP contribution in [-0.2, 0) is 10.2 Å². The van der Waals surface area contributed by atoms with Crippen molar-refractivity contribution in [3.8, 4) is 0 Å². The predicted molar refractivity (Wildman–Crippen MR) is 75.8 cm³/mol. The van der Waals surface area contributed by atoms with E-state index >= 15 is 0 Å². The van der Waals surface area contributed by atoms with E-state index in [4.69, 9.17) is 15.6 Å². The predicted octanol–water partition coefficient (Wildman–Crippen LogP) is 1.81. The van der Waals surface area contributed by atoms with E-state index in [1.807, 2.05) is 4.52 Å². The molecule has 1 aliphatic carbocycles. The zero-order chi connectivity index (χ0) is 13.7. The second kappa shape index (κ2) is 4.47. The highest BCUT2D eigenvalue weighted by atomic mass is 32.1. The first kappa shape index (κ1) is 12.7. The van der Waals surface area contributed by atoms with Crippen LogP contribution in [0.5, 0.6) is 0 Å². The smallest absolute Gasteiger partial charge is 0.234 e. The van der Waals surface area contributed by atoms with Crippen LogP contribution in [-0.4, -0.2) is 32.5 Å². The van der Waals surface area contributed by atoms with E-state index in [-0.39, 0.29) is 17.6 Å². The van der Waals surface area contributed by atoms with E-state index in [1.54, 1.807) is 11.3 Å². The van der Waals surface area contributed by atoms with Crippen molar-refractivity contribution in [2.45, 2.75) is 56.6 Å². The van der Waals surface area contributed by atoms with Gasteiger partial charge in [-0.3, -0.25) is 0 Å². The third-order valence-corrected chi connectivity index (χ3v) is 5.93. The Bertz CT molecular complexity index is 632. The van der Waals surface area contributed by atoms with E-state index in [9.17, 15) is 0 Å². The Morgan fingerprint density at radius 2 is 2.25 bits per heavy atom. The molecule has 7 heteroatoms. The lowest BCUT2D eigenvalue weighted by atomic mass is 9.86. The molecule has 1 saturated carbocycles. The number of fused-ring (bicyclic) bond motifs is 1. The van der Waals surface area contributed by atoms with Crippen LogP contribution < -0.4 is 5.73 Å². The fraction of sp³-hybridized carbons (Fsp3) is 0.769. The molecule has 1 saturated heterocycles. The van der Waals surface area contributed by atoms with Gasteiger partial charge in [0.15, 0.2) is 5.82 Å². The number of nitrogens with zero attached hydrogens (tertiary/aromatic N) is 4. The third kappa shape index (κ3) is 1.73. The van der Waals surface area contributed by atoms with Gasteiger partial charge in [0.05, 0.1) is 0 Å². The molecule has 0 bridgehead atoms. The van der Waals surface area contributed by atoms with Crippen molar-refractivity contribution in [2.24, 2.45) is 5.73 Å². The van der Waals surface area contributed by atoms with Crippen LogP contribution in [0, 0.1) is 0 Å². The summed E-state index contributed by atoms with van der Waals surface area (Å²) in [4.78, 5) is 0.853. The van der Waals surface area contributed by atoms with Crippen LogP contribution in [0.4, 0.5) is 0 Å². The Balaban J connectivity index is 1.76. The molecular formula is C13H19N5OS. The van der Waals surface area contributed by atoms with Gasteiger partial charge in [-0.2, -0.15) is 9.61 Å². The lowest BCUT2D eigenvalue weighted by Gasteiger charge is -2.25. The van der Waals surface area contributed by atoms with Crippen LogP contribution in [0.2, 0.25) is 0 Å². The van der Waals surface area contributed by atoms with Crippen molar-refractivity contribution in [3.05, 3.63) is 10.8 Å². The SMILES string of the molecule is CC1(c2nn3c(C4CCCO4)nnc3s2)CCCC1N. The molecule has 2 aromatic rings. The highest BCUT2D eigenvalue weighted by Crippen LogP contribution is 2.41. The maximum Gasteiger partial charge on any atom is 0.234 e. The van der Waals surface area contributed by atoms with Crippen LogP contribution in [0.25, 0.3) is 4.96 Å². The molecule has 2 N–H and O–H groups in total. The van der Waals surface area contributed by atoms with Crippen molar-refractivity contribution in [3.63, 3.8) is 0 Å². The lowest BCUT2D eigenvalue weighted by molar-refractivity contribution is 0.103. The zero-order valence-corrected chi connectivity index (χ0v) is 12.4. The summed E-state index contributed by atoms with van der Waals surface area (Å²) in [6.45, 7) is 3.03. The van der Waals surface area contributed by atoms with Gasteiger partial charge in [-0.1, -0.05) is 24.7 Å². The summed E-state index contributed by atoms with van der Waals surface area (Å²) in [6, 6.07) is 0.192. The van der Waals surface area contributed by atoms with E-state index < -0.39 is 0 Å². The molecule has 2 fully saturated rings. The van der Waals surface area contributed by atoms with Gasteiger partial charge in [0, 0.05) is 18.1 Å². The third-order valence-electron chi connectivity index (χ3n) is 4.75. The summed E-state index contributed by atoms with van der Waals surface area (Å²) in [5.74, 6) is 0.843. The Kier molecular flexibility index (Phi) is 2.84. The summed E-state index contributed by atoms with van der Waals surface area (Å²) in [6.07, 6.45) is 5.49. The molecule has 3 atom stereocenters. The number of hydrogen-bond acceptors (Lipinski definition) is 6.